The predicted octanol–water partition coefficient (Wildman–Crippen LogP) is 1.93. The van der Waals surface area contributed by atoms with E-state index in [1.54, 1.807) is 11.8 Å². The highest BCUT2D eigenvalue weighted by Gasteiger charge is 2.22. The van der Waals surface area contributed by atoms with Gasteiger partial charge in [0.15, 0.2) is 0 Å². The Kier molecular flexibility index (Phi) is 5.97. The first-order valence-corrected chi connectivity index (χ1v) is 7.92. The Bertz CT molecular complexity index is 495. The third-order valence-electron chi connectivity index (χ3n) is 3.11. The zero-order valence-corrected chi connectivity index (χ0v) is 12.2. The molecular formula is C16H19NO2S. The highest BCUT2D eigenvalue weighted by atomic mass is 32.2. The fourth-order valence-corrected chi connectivity index (χ4v) is 3.20. The second-order valence-electron chi connectivity index (χ2n) is 4.69. The average Bonchev–Trinajstić information content (AvgIpc) is 3.01. The lowest BCUT2D eigenvalue weighted by Crippen LogP contribution is -2.30. The Morgan fingerprint density at radius 3 is 2.85 bits per heavy atom. The van der Waals surface area contributed by atoms with Gasteiger partial charge in [0.05, 0.1) is 11.9 Å². The summed E-state index contributed by atoms with van der Waals surface area (Å²) in [6.07, 6.45) is 2.64. The van der Waals surface area contributed by atoms with Crippen molar-refractivity contribution in [1.82, 2.24) is 5.32 Å². The molecule has 0 radical (unpaired) electrons. The highest BCUT2D eigenvalue weighted by molar-refractivity contribution is 8.00. The molecule has 20 heavy (non-hydrogen) atoms. The molecular weight excluding hydrogens is 270 g/mol. The van der Waals surface area contributed by atoms with Gasteiger partial charge < -0.3 is 10.4 Å². The van der Waals surface area contributed by atoms with E-state index >= 15 is 0 Å². The topological polar surface area (TPSA) is 49.3 Å². The molecule has 0 bridgehead atoms. The maximum atomic E-state index is 11.9. The molecule has 1 fully saturated rings. The van der Waals surface area contributed by atoms with E-state index < -0.39 is 0 Å². The Morgan fingerprint density at radius 2 is 2.20 bits per heavy atom. The molecule has 1 aliphatic heterocycles. The van der Waals surface area contributed by atoms with Crippen LogP contribution in [-0.2, 0) is 11.3 Å². The van der Waals surface area contributed by atoms with E-state index in [1.807, 2.05) is 24.3 Å². The molecule has 0 saturated carbocycles. The maximum absolute atomic E-state index is 11.9. The van der Waals surface area contributed by atoms with E-state index in [9.17, 15) is 4.79 Å². The van der Waals surface area contributed by atoms with Gasteiger partial charge in [0.25, 0.3) is 0 Å². The number of nitrogens with one attached hydrogen (secondary N) is 1. The van der Waals surface area contributed by atoms with Gasteiger partial charge in [0, 0.05) is 18.5 Å². The van der Waals surface area contributed by atoms with Crippen molar-refractivity contribution in [3.05, 3.63) is 35.4 Å². The predicted molar refractivity (Wildman–Crippen MR) is 82.3 cm³/mol. The summed E-state index contributed by atoms with van der Waals surface area (Å²) >= 11 is 1.75. The van der Waals surface area contributed by atoms with Crippen LogP contribution < -0.4 is 5.32 Å². The summed E-state index contributed by atoms with van der Waals surface area (Å²) in [7, 11) is 0. The van der Waals surface area contributed by atoms with Crippen LogP contribution in [0.3, 0.4) is 0 Å². The zero-order valence-electron chi connectivity index (χ0n) is 11.4. The Morgan fingerprint density at radius 1 is 1.40 bits per heavy atom. The van der Waals surface area contributed by atoms with Crippen molar-refractivity contribution in [2.45, 2.75) is 31.1 Å². The second kappa shape index (κ2) is 7.98. The lowest BCUT2D eigenvalue weighted by Gasteiger charge is -2.09. The largest absolute Gasteiger partial charge is 0.395 e. The van der Waals surface area contributed by atoms with E-state index in [4.69, 9.17) is 5.11 Å². The molecule has 1 heterocycles. The molecule has 0 aromatic heterocycles. The standard InChI is InChI=1S/C16H19NO2S/c18-10-2-1-4-13-6-8-14(9-7-13)12-17-16(19)15-5-3-11-20-15/h6-9,15,18H,2-3,5,10-12H2,(H,17,19). The molecule has 1 amide bonds. The summed E-state index contributed by atoms with van der Waals surface area (Å²) in [5.74, 6) is 7.12. The Hall–Kier alpha value is -1.44. The van der Waals surface area contributed by atoms with Crippen molar-refractivity contribution in [2.24, 2.45) is 0 Å². The minimum Gasteiger partial charge on any atom is -0.395 e. The van der Waals surface area contributed by atoms with E-state index in [0.717, 1.165) is 29.7 Å². The summed E-state index contributed by atoms with van der Waals surface area (Å²) in [5, 5.41) is 11.8. The van der Waals surface area contributed by atoms with Crippen LogP contribution in [0, 0.1) is 11.8 Å². The third-order valence-corrected chi connectivity index (χ3v) is 4.49. The number of aliphatic hydroxyl groups excluding tert-OH is 1. The fourth-order valence-electron chi connectivity index (χ4n) is 2.01. The van der Waals surface area contributed by atoms with Gasteiger partial charge in [-0.1, -0.05) is 24.0 Å². The lowest BCUT2D eigenvalue weighted by molar-refractivity contribution is -0.120. The summed E-state index contributed by atoms with van der Waals surface area (Å²) in [5.41, 5.74) is 2.01. The van der Waals surface area contributed by atoms with Gasteiger partial charge in [-0.25, -0.2) is 0 Å². The summed E-state index contributed by atoms with van der Waals surface area (Å²) < 4.78 is 0. The Balaban J connectivity index is 1.81. The molecule has 0 aliphatic carbocycles. The Labute approximate surface area is 124 Å². The zero-order chi connectivity index (χ0) is 14.2. The maximum Gasteiger partial charge on any atom is 0.233 e. The minimum absolute atomic E-state index is 0.0935. The van der Waals surface area contributed by atoms with Gasteiger partial charge in [-0.2, -0.15) is 0 Å². The number of hydrogen-bond donors (Lipinski definition) is 2. The van der Waals surface area contributed by atoms with Gasteiger partial charge in [0.1, 0.15) is 0 Å². The first-order valence-electron chi connectivity index (χ1n) is 6.87. The number of carbonyl (C=O) groups excluding carboxylic acids is 1. The van der Waals surface area contributed by atoms with Crippen LogP contribution in [0.4, 0.5) is 0 Å². The number of thioether (sulfide) groups is 1. The monoisotopic (exact) mass is 289 g/mol. The van der Waals surface area contributed by atoms with Crippen molar-refractivity contribution in [3.8, 4) is 11.8 Å². The van der Waals surface area contributed by atoms with Gasteiger partial charge >= 0.3 is 0 Å². The van der Waals surface area contributed by atoms with Gasteiger partial charge in [-0.05, 0) is 36.3 Å². The van der Waals surface area contributed by atoms with Crippen LogP contribution in [0.15, 0.2) is 24.3 Å². The number of benzene rings is 1. The molecule has 1 atom stereocenters. The second-order valence-corrected chi connectivity index (χ2v) is 6.00. The average molecular weight is 289 g/mol. The highest BCUT2D eigenvalue weighted by Crippen LogP contribution is 2.26. The molecule has 2 N–H and O–H groups in total. The normalized spacial score (nSPS) is 17.4. The lowest BCUT2D eigenvalue weighted by atomic mass is 10.1. The van der Waals surface area contributed by atoms with E-state index in [1.165, 1.54) is 0 Å². The number of amides is 1. The van der Waals surface area contributed by atoms with E-state index in [0.29, 0.717) is 13.0 Å². The molecule has 1 aliphatic rings. The number of aliphatic hydroxyl groups is 1. The first kappa shape index (κ1) is 15.0. The summed E-state index contributed by atoms with van der Waals surface area (Å²) in [6, 6.07) is 7.84. The van der Waals surface area contributed by atoms with Crippen molar-refractivity contribution in [3.63, 3.8) is 0 Å². The smallest absolute Gasteiger partial charge is 0.233 e. The molecule has 1 aromatic carbocycles. The summed E-state index contributed by atoms with van der Waals surface area (Å²) in [4.78, 5) is 11.9. The fraction of sp³-hybridized carbons (Fsp3) is 0.438. The van der Waals surface area contributed by atoms with Crippen LogP contribution in [0.1, 0.15) is 30.4 Å². The number of carbonyl (C=O) groups is 1. The molecule has 106 valence electrons. The first-order chi connectivity index (χ1) is 9.79. The summed E-state index contributed by atoms with van der Waals surface area (Å²) in [6.45, 7) is 0.663. The number of hydrogen-bond acceptors (Lipinski definition) is 3. The molecule has 1 aromatic rings. The van der Waals surface area contributed by atoms with Gasteiger partial charge in [-0.3, -0.25) is 4.79 Å². The van der Waals surface area contributed by atoms with Crippen molar-refractivity contribution in [2.75, 3.05) is 12.4 Å². The van der Waals surface area contributed by atoms with Crippen molar-refractivity contribution < 1.29 is 9.90 Å². The van der Waals surface area contributed by atoms with E-state index in [-0.39, 0.29) is 17.8 Å². The van der Waals surface area contributed by atoms with Crippen LogP contribution in [0.25, 0.3) is 0 Å². The SMILES string of the molecule is O=C(NCc1ccc(C#CCCO)cc1)C1CCCS1. The van der Waals surface area contributed by atoms with Crippen LogP contribution in [-0.4, -0.2) is 28.6 Å². The molecule has 1 saturated heterocycles. The van der Waals surface area contributed by atoms with Gasteiger partial charge in [-0.15, -0.1) is 11.8 Å². The van der Waals surface area contributed by atoms with Crippen LogP contribution in [0.2, 0.25) is 0 Å². The van der Waals surface area contributed by atoms with Crippen LogP contribution >= 0.6 is 11.8 Å². The minimum atomic E-state index is 0.0935. The molecule has 3 nitrogen and oxygen atoms in total. The number of rotatable bonds is 4. The molecule has 0 spiro atoms. The molecule has 2 rings (SSSR count). The van der Waals surface area contributed by atoms with Crippen molar-refractivity contribution in [1.29, 1.82) is 0 Å². The molecule has 1 unspecified atom stereocenters. The van der Waals surface area contributed by atoms with Gasteiger partial charge in [0.2, 0.25) is 5.91 Å². The van der Waals surface area contributed by atoms with Crippen LogP contribution in [0.5, 0.6) is 0 Å². The quantitative estimate of drug-likeness (QED) is 0.833. The molecule has 4 heteroatoms. The van der Waals surface area contributed by atoms with Crippen molar-refractivity contribution >= 4 is 17.7 Å². The third kappa shape index (κ3) is 4.59. The van der Waals surface area contributed by atoms with E-state index in [2.05, 4.69) is 17.2 Å².